The van der Waals surface area contributed by atoms with Gasteiger partial charge in [0.05, 0.1) is 5.41 Å². The Morgan fingerprint density at radius 1 is 1.41 bits per heavy atom. The monoisotopic (exact) mass is 237 g/mol. The van der Waals surface area contributed by atoms with E-state index in [0.717, 1.165) is 19.3 Å². The molecular weight excluding hydrogens is 218 g/mol. The Morgan fingerprint density at radius 2 is 2.06 bits per heavy atom. The summed E-state index contributed by atoms with van der Waals surface area (Å²) in [5.74, 6) is -0.832. The molecule has 0 radical (unpaired) electrons. The second-order valence-corrected chi connectivity index (χ2v) is 5.18. The molecule has 17 heavy (non-hydrogen) atoms. The molecule has 94 valence electrons. The van der Waals surface area contributed by atoms with E-state index in [1.807, 2.05) is 0 Å². The summed E-state index contributed by atoms with van der Waals surface area (Å²) in [6, 6.07) is 0.325. The van der Waals surface area contributed by atoms with Crippen LogP contribution in [-0.4, -0.2) is 34.5 Å². The maximum Gasteiger partial charge on any atom is 0.310 e. The van der Waals surface area contributed by atoms with E-state index in [1.165, 1.54) is 0 Å². The topological polar surface area (TPSA) is 57.6 Å². The van der Waals surface area contributed by atoms with Crippen LogP contribution in [0.3, 0.4) is 0 Å². The Balaban J connectivity index is 1.98. The highest BCUT2D eigenvalue weighted by Crippen LogP contribution is 2.45. The molecule has 2 saturated carbocycles. The number of hydrogen-bond acceptors (Lipinski definition) is 2. The van der Waals surface area contributed by atoms with Gasteiger partial charge in [-0.05, 0) is 25.7 Å². The minimum atomic E-state index is -0.813. The van der Waals surface area contributed by atoms with E-state index in [4.69, 9.17) is 0 Å². The van der Waals surface area contributed by atoms with E-state index < -0.39 is 11.4 Å². The molecule has 4 nitrogen and oxygen atoms in total. The van der Waals surface area contributed by atoms with Gasteiger partial charge >= 0.3 is 5.97 Å². The molecule has 2 fully saturated rings. The summed E-state index contributed by atoms with van der Waals surface area (Å²) < 4.78 is 0. The van der Waals surface area contributed by atoms with Crippen molar-refractivity contribution >= 4 is 11.9 Å². The fraction of sp³-hybridized carbons (Fsp3) is 0.692. The summed E-state index contributed by atoms with van der Waals surface area (Å²) in [6.45, 7) is 4.19. The van der Waals surface area contributed by atoms with Crippen LogP contribution in [0.4, 0.5) is 0 Å². The van der Waals surface area contributed by atoms with E-state index in [2.05, 4.69) is 6.58 Å². The van der Waals surface area contributed by atoms with Crippen LogP contribution in [0.15, 0.2) is 12.7 Å². The van der Waals surface area contributed by atoms with Gasteiger partial charge in [-0.2, -0.15) is 0 Å². The third-order valence-corrected chi connectivity index (χ3v) is 3.89. The summed E-state index contributed by atoms with van der Waals surface area (Å²) in [5.41, 5.74) is -0.772. The summed E-state index contributed by atoms with van der Waals surface area (Å²) >= 11 is 0. The van der Waals surface area contributed by atoms with Gasteiger partial charge in [0.25, 0.3) is 0 Å². The number of carbonyl (C=O) groups is 2. The Morgan fingerprint density at radius 3 is 2.41 bits per heavy atom. The van der Waals surface area contributed by atoms with E-state index in [0.29, 0.717) is 25.4 Å². The number of amides is 1. The Hall–Kier alpha value is -1.32. The van der Waals surface area contributed by atoms with Crippen LogP contribution in [0, 0.1) is 5.41 Å². The van der Waals surface area contributed by atoms with Crippen LogP contribution in [0.2, 0.25) is 0 Å². The van der Waals surface area contributed by atoms with Crippen LogP contribution in [-0.2, 0) is 9.59 Å². The normalized spacial score (nSPS) is 21.4. The number of hydrogen-bond donors (Lipinski definition) is 1. The average Bonchev–Trinajstić information content (AvgIpc) is 3.02. The molecule has 0 aromatic rings. The third-order valence-electron chi connectivity index (χ3n) is 3.89. The molecule has 0 bridgehead atoms. The van der Waals surface area contributed by atoms with Crippen LogP contribution in [0.25, 0.3) is 0 Å². The minimum Gasteiger partial charge on any atom is -0.481 e. The summed E-state index contributed by atoms with van der Waals surface area (Å²) in [5, 5.41) is 9.21. The van der Waals surface area contributed by atoms with E-state index in [-0.39, 0.29) is 12.3 Å². The third kappa shape index (κ3) is 2.35. The van der Waals surface area contributed by atoms with Crippen LogP contribution in [0.1, 0.15) is 38.5 Å². The summed E-state index contributed by atoms with van der Waals surface area (Å²) in [4.78, 5) is 25.1. The highest BCUT2D eigenvalue weighted by Gasteiger charge is 2.47. The molecule has 0 saturated heterocycles. The first kappa shape index (κ1) is 12.1. The maximum atomic E-state index is 12.1. The van der Waals surface area contributed by atoms with Crippen molar-refractivity contribution in [3.8, 4) is 0 Å². The van der Waals surface area contributed by atoms with Crippen molar-refractivity contribution in [1.82, 2.24) is 4.90 Å². The molecule has 2 aliphatic carbocycles. The molecule has 4 heteroatoms. The molecule has 0 heterocycles. The quantitative estimate of drug-likeness (QED) is 0.717. The van der Waals surface area contributed by atoms with Gasteiger partial charge in [-0.1, -0.05) is 12.5 Å². The number of carbonyl (C=O) groups excluding carboxylic acids is 1. The first-order chi connectivity index (χ1) is 8.09. The first-order valence-electron chi connectivity index (χ1n) is 6.23. The van der Waals surface area contributed by atoms with Gasteiger partial charge in [0.2, 0.25) is 5.91 Å². The van der Waals surface area contributed by atoms with Gasteiger partial charge in [-0.15, -0.1) is 6.58 Å². The highest BCUT2D eigenvalue weighted by atomic mass is 16.4. The average molecular weight is 237 g/mol. The van der Waals surface area contributed by atoms with Crippen molar-refractivity contribution in [2.75, 3.05) is 6.54 Å². The van der Waals surface area contributed by atoms with Gasteiger partial charge in [-0.3, -0.25) is 9.59 Å². The standard InChI is InChI=1S/C13H19NO3/c1-2-8-14(10-4-5-10)11(15)9-13(12(16)17)6-3-7-13/h2,10H,1,3-9H2,(H,16,17). The van der Waals surface area contributed by atoms with Crippen LogP contribution >= 0.6 is 0 Å². The van der Waals surface area contributed by atoms with Gasteiger partial charge in [0, 0.05) is 19.0 Å². The smallest absolute Gasteiger partial charge is 0.310 e. The lowest BCUT2D eigenvalue weighted by atomic mass is 9.66. The van der Waals surface area contributed by atoms with E-state index in [1.54, 1.807) is 11.0 Å². The number of nitrogens with zero attached hydrogens (tertiary/aromatic N) is 1. The molecule has 0 aromatic carbocycles. The SMILES string of the molecule is C=CCN(C(=O)CC1(C(=O)O)CCC1)C1CC1. The predicted molar refractivity (Wildman–Crippen MR) is 63.5 cm³/mol. The van der Waals surface area contributed by atoms with Crippen molar-refractivity contribution in [1.29, 1.82) is 0 Å². The molecule has 1 amide bonds. The predicted octanol–water partition coefficient (Wildman–Crippen LogP) is 1.81. The molecule has 2 rings (SSSR count). The maximum absolute atomic E-state index is 12.1. The lowest BCUT2D eigenvalue weighted by Crippen LogP contribution is -2.44. The Labute approximate surface area is 101 Å². The van der Waals surface area contributed by atoms with Crippen molar-refractivity contribution in [3.63, 3.8) is 0 Å². The molecule has 0 aliphatic heterocycles. The minimum absolute atomic E-state index is 0.0190. The van der Waals surface area contributed by atoms with E-state index in [9.17, 15) is 14.7 Å². The first-order valence-corrected chi connectivity index (χ1v) is 6.23. The van der Waals surface area contributed by atoms with E-state index >= 15 is 0 Å². The summed E-state index contributed by atoms with van der Waals surface area (Å²) in [6.07, 6.45) is 6.15. The van der Waals surface area contributed by atoms with Gasteiger partial charge in [-0.25, -0.2) is 0 Å². The number of carboxylic acid groups (broad SMARTS) is 1. The van der Waals surface area contributed by atoms with Gasteiger partial charge in [0.15, 0.2) is 0 Å². The summed E-state index contributed by atoms with van der Waals surface area (Å²) in [7, 11) is 0. The molecule has 0 aromatic heterocycles. The van der Waals surface area contributed by atoms with Gasteiger partial charge in [0.1, 0.15) is 0 Å². The second kappa shape index (κ2) is 4.51. The molecular formula is C13H19NO3. The number of carboxylic acids is 1. The largest absolute Gasteiger partial charge is 0.481 e. The zero-order chi connectivity index (χ0) is 12.5. The molecule has 2 aliphatic rings. The van der Waals surface area contributed by atoms with Crippen molar-refractivity contribution < 1.29 is 14.7 Å². The highest BCUT2D eigenvalue weighted by molar-refractivity contribution is 5.86. The Bertz CT molecular complexity index is 343. The lowest BCUT2D eigenvalue weighted by Gasteiger charge is -2.38. The lowest BCUT2D eigenvalue weighted by molar-refractivity contribution is -0.159. The second-order valence-electron chi connectivity index (χ2n) is 5.18. The zero-order valence-electron chi connectivity index (χ0n) is 10.0. The van der Waals surface area contributed by atoms with Crippen molar-refractivity contribution in [2.45, 2.75) is 44.6 Å². The molecule has 0 unspecified atom stereocenters. The molecule has 1 N–H and O–H groups in total. The zero-order valence-corrected chi connectivity index (χ0v) is 10.0. The van der Waals surface area contributed by atoms with Gasteiger partial charge < -0.3 is 10.0 Å². The molecule has 0 spiro atoms. The van der Waals surface area contributed by atoms with Crippen LogP contribution < -0.4 is 0 Å². The van der Waals surface area contributed by atoms with Crippen molar-refractivity contribution in [3.05, 3.63) is 12.7 Å². The number of aliphatic carboxylic acids is 1. The number of rotatable bonds is 6. The fourth-order valence-electron chi connectivity index (χ4n) is 2.44. The fourth-order valence-corrected chi connectivity index (χ4v) is 2.44. The van der Waals surface area contributed by atoms with Crippen LogP contribution in [0.5, 0.6) is 0 Å². The Kier molecular flexibility index (Phi) is 3.22. The molecule has 0 atom stereocenters. The van der Waals surface area contributed by atoms with Crippen molar-refractivity contribution in [2.24, 2.45) is 5.41 Å².